The molecule has 1 saturated heterocycles. The lowest BCUT2D eigenvalue weighted by atomic mass is 9.95. The summed E-state index contributed by atoms with van der Waals surface area (Å²) in [6, 6.07) is -0.122. The lowest BCUT2D eigenvalue weighted by Gasteiger charge is -2.48. The smallest absolute Gasteiger partial charge is 0.241 e. The number of piperazine rings is 1. The summed E-state index contributed by atoms with van der Waals surface area (Å²) in [5.41, 5.74) is 5.59. The molecule has 88 valence electrons. The molecule has 1 aliphatic heterocycles. The van der Waals surface area contributed by atoms with Crippen molar-refractivity contribution in [1.82, 2.24) is 9.80 Å². The number of nitrogens with two attached hydrogens (primary N) is 1. The molecule has 0 saturated carbocycles. The number of hydrogen-bond donors (Lipinski definition) is 1. The van der Waals surface area contributed by atoms with E-state index in [-0.39, 0.29) is 17.5 Å². The minimum atomic E-state index is -0.122. The van der Waals surface area contributed by atoms with Gasteiger partial charge in [-0.15, -0.1) is 0 Å². The minimum absolute atomic E-state index is 0.0854. The van der Waals surface area contributed by atoms with Gasteiger partial charge in [-0.3, -0.25) is 9.69 Å². The molecule has 1 rings (SSSR count). The van der Waals surface area contributed by atoms with Crippen LogP contribution in [-0.4, -0.2) is 54.0 Å². The molecule has 4 heteroatoms. The van der Waals surface area contributed by atoms with E-state index in [0.29, 0.717) is 6.54 Å². The van der Waals surface area contributed by atoms with Gasteiger partial charge in [0, 0.05) is 25.7 Å². The first-order valence-electron chi connectivity index (χ1n) is 5.66. The lowest BCUT2D eigenvalue weighted by Crippen LogP contribution is -2.66. The van der Waals surface area contributed by atoms with Crippen LogP contribution in [-0.2, 0) is 4.79 Å². The fourth-order valence-electron chi connectivity index (χ4n) is 2.16. The summed E-state index contributed by atoms with van der Waals surface area (Å²) in [6.45, 7) is 8.60. The number of rotatable bonds is 3. The second kappa shape index (κ2) is 4.49. The van der Waals surface area contributed by atoms with E-state index in [1.165, 1.54) is 0 Å². The van der Waals surface area contributed by atoms with E-state index in [1.54, 1.807) is 0 Å². The predicted octanol–water partition coefficient (Wildman–Crippen LogP) is 0.276. The number of hydrogen-bond acceptors (Lipinski definition) is 3. The van der Waals surface area contributed by atoms with Gasteiger partial charge in [0.05, 0.1) is 0 Å². The number of carbonyl (C=O) groups is 1. The molecule has 0 aliphatic carbocycles. The molecule has 0 aromatic heterocycles. The lowest BCUT2D eigenvalue weighted by molar-refractivity contribution is -0.148. The van der Waals surface area contributed by atoms with Gasteiger partial charge in [-0.2, -0.15) is 0 Å². The van der Waals surface area contributed by atoms with Gasteiger partial charge in [0.25, 0.3) is 0 Å². The Balaban J connectivity index is 2.85. The van der Waals surface area contributed by atoms with Crippen LogP contribution in [0.4, 0.5) is 0 Å². The van der Waals surface area contributed by atoms with E-state index < -0.39 is 0 Å². The molecule has 0 spiro atoms. The fourth-order valence-corrected chi connectivity index (χ4v) is 2.16. The molecular weight excluding hydrogens is 190 g/mol. The van der Waals surface area contributed by atoms with Crippen LogP contribution < -0.4 is 5.73 Å². The number of carbonyl (C=O) groups excluding carboxylic acids is 1. The quantitative estimate of drug-likeness (QED) is 0.732. The molecule has 0 aromatic carbocycles. The van der Waals surface area contributed by atoms with E-state index in [1.807, 2.05) is 11.9 Å². The summed E-state index contributed by atoms with van der Waals surface area (Å²) in [4.78, 5) is 16.1. The van der Waals surface area contributed by atoms with Crippen LogP contribution in [0.2, 0.25) is 0 Å². The highest BCUT2D eigenvalue weighted by Crippen LogP contribution is 2.23. The van der Waals surface area contributed by atoms with E-state index in [2.05, 4.69) is 25.7 Å². The van der Waals surface area contributed by atoms with Crippen molar-refractivity contribution < 1.29 is 4.79 Å². The summed E-state index contributed by atoms with van der Waals surface area (Å²) >= 11 is 0. The molecule has 0 radical (unpaired) electrons. The molecule has 2 N–H and O–H groups in total. The van der Waals surface area contributed by atoms with Crippen LogP contribution in [0.15, 0.2) is 0 Å². The third-order valence-electron chi connectivity index (χ3n) is 3.29. The third-order valence-corrected chi connectivity index (χ3v) is 3.29. The van der Waals surface area contributed by atoms with Gasteiger partial charge >= 0.3 is 0 Å². The predicted molar refractivity (Wildman–Crippen MR) is 61.6 cm³/mol. The minimum Gasteiger partial charge on any atom is -0.338 e. The average Bonchev–Trinajstić information content (AvgIpc) is 2.15. The van der Waals surface area contributed by atoms with Crippen LogP contribution in [0, 0.1) is 0 Å². The summed E-state index contributed by atoms with van der Waals surface area (Å²) in [7, 11) is 1.87. The molecule has 1 amide bonds. The first-order valence-corrected chi connectivity index (χ1v) is 5.66. The van der Waals surface area contributed by atoms with E-state index >= 15 is 0 Å². The highest BCUT2D eigenvalue weighted by Gasteiger charge is 2.41. The largest absolute Gasteiger partial charge is 0.338 e. The van der Waals surface area contributed by atoms with Crippen molar-refractivity contribution >= 4 is 5.91 Å². The van der Waals surface area contributed by atoms with Crippen molar-refractivity contribution in [2.24, 2.45) is 5.73 Å². The summed E-state index contributed by atoms with van der Waals surface area (Å²) in [5, 5.41) is 0. The second-order valence-electron chi connectivity index (χ2n) is 4.93. The Bertz CT molecular complexity index is 240. The van der Waals surface area contributed by atoms with Crippen molar-refractivity contribution in [1.29, 1.82) is 0 Å². The Labute approximate surface area is 92.4 Å². The summed E-state index contributed by atoms with van der Waals surface area (Å²) < 4.78 is 0. The molecule has 1 atom stereocenters. The van der Waals surface area contributed by atoms with Crippen molar-refractivity contribution in [2.75, 3.05) is 26.7 Å². The fraction of sp³-hybridized carbons (Fsp3) is 0.909. The Morgan fingerprint density at radius 3 is 2.60 bits per heavy atom. The molecule has 0 aromatic rings. The normalized spacial score (nSPS) is 27.1. The Morgan fingerprint density at radius 1 is 1.53 bits per heavy atom. The maximum atomic E-state index is 12.1. The molecule has 15 heavy (non-hydrogen) atoms. The highest BCUT2D eigenvalue weighted by molar-refractivity contribution is 5.83. The zero-order chi connectivity index (χ0) is 11.6. The topological polar surface area (TPSA) is 49.6 Å². The van der Waals surface area contributed by atoms with Crippen molar-refractivity contribution in [3.63, 3.8) is 0 Å². The van der Waals surface area contributed by atoms with Crippen LogP contribution in [0.3, 0.4) is 0 Å². The molecule has 1 aliphatic rings. The molecule has 1 fully saturated rings. The molecule has 1 unspecified atom stereocenters. The Kier molecular flexibility index (Phi) is 3.73. The molecule has 0 bridgehead atoms. The molecule has 4 nitrogen and oxygen atoms in total. The summed E-state index contributed by atoms with van der Waals surface area (Å²) in [6.07, 6.45) is 1.06. The number of amides is 1. The van der Waals surface area contributed by atoms with Gasteiger partial charge in [-0.25, -0.2) is 0 Å². The van der Waals surface area contributed by atoms with Gasteiger partial charge in [0.15, 0.2) is 0 Å². The monoisotopic (exact) mass is 213 g/mol. The van der Waals surface area contributed by atoms with Gasteiger partial charge < -0.3 is 10.6 Å². The molecule has 1 heterocycles. The van der Waals surface area contributed by atoms with Crippen LogP contribution >= 0.6 is 0 Å². The first-order chi connectivity index (χ1) is 6.94. The van der Waals surface area contributed by atoms with Crippen molar-refractivity contribution in [2.45, 2.75) is 38.8 Å². The van der Waals surface area contributed by atoms with E-state index in [4.69, 9.17) is 5.73 Å². The maximum Gasteiger partial charge on any atom is 0.241 e. The van der Waals surface area contributed by atoms with Gasteiger partial charge in [-0.1, -0.05) is 6.92 Å². The van der Waals surface area contributed by atoms with E-state index in [0.717, 1.165) is 19.5 Å². The highest BCUT2D eigenvalue weighted by atomic mass is 16.2. The van der Waals surface area contributed by atoms with Crippen LogP contribution in [0.25, 0.3) is 0 Å². The van der Waals surface area contributed by atoms with E-state index in [9.17, 15) is 4.79 Å². The van der Waals surface area contributed by atoms with Crippen LogP contribution in [0.1, 0.15) is 27.2 Å². The molecular formula is C11H23N3O. The Morgan fingerprint density at radius 2 is 2.13 bits per heavy atom. The van der Waals surface area contributed by atoms with Gasteiger partial charge in [-0.05, 0) is 26.8 Å². The van der Waals surface area contributed by atoms with Gasteiger partial charge in [0.2, 0.25) is 5.91 Å². The average molecular weight is 213 g/mol. The second-order valence-corrected chi connectivity index (χ2v) is 4.93. The summed E-state index contributed by atoms with van der Waals surface area (Å²) in [5.74, 6) is 0.155. The van der Waals surface area contributed by atoms with Gasteiger partial charge in [0.1, 0.15) is 6.04 Å². The van der Waals surface area contributed by atoms with Crippen molar-refractivity contribution in [3.8, 4) is 0 Å². The zero-order valence-electron chi connectivity index (χ0n) is 10.3. The SMILES string of the molecule is CCCN1CC(C)(C)N(C)C(=O)C1CN. The first kappa shape index (κ1) is 12.5. The Hall–Kier alpha value is -0.610. The van der Waals surface area contributed by atoms with Crippen LogP contribution in [0.5, 0.6) is 0 Å². The third kappa shape index (κ3) is 2.32. The standard InChI is InChI=1S/C11H23N3O/c1-5-6-14-8-11(2,3)13(4)10(15)9(14)7-12/h9H,5-8,12H2,1-4H3. The zero-order valence-corrected chi connectivity index (χ0v) is 10.3. The van der Waals surface area contributed by atoms with Crippen molar-refractivity contribution in [3.05, 3.63) is 0 Å². The number of likely N-dealkylation sites (N-methyl/N-ethyl adjacent to an activating group) is 1. The number of nitrogens with zero attached hydrogens (tertiary/aromatic N) is 2. The maximum absolute atomic E-state index is 12.1.